The van der Waals surface area contributed by atoms with E-state index in [9.17, 15) is 18.7 Å². The summed E-state index contributed by atoms with van der Waals surface area (Å²) in [5.41, 5.74) is 2.04. The molecule has 0 aliphatic carbocycles. The minimum Gasteiger partial charge on any atom is -0.505 e. The Hall–Kier alpha value is -2.87. The van der Waals surface area contributed by atoms with Crippen molar-refractivity contribution in [2.24, 2.45) is 10.2 Å². The van der Waals surface area contributed by atoms with Crippen molar-refractivity contribution in [1.82, 2.24) is 0 Å². The van der Waals surface area contributed by atoms with Crippen molar-refractivity contribution in [3.8, 4) is 5.75 Å². The maximum Gasteiger partial charge on any atom is 0.221 e. The van der Waals surface area contributed by atoms with Gasteiger partial charge in [0, 0.05) is 12.3 Å². The summed E-state index contributed by atoms with van der Waals surface area (Å²) in [5, 5.41) is 34.9. The highest BCUT2D eigenvalue weighted by molar-refractivity contribution is 7.94. The highest BCUT2D eigenvalue weighted by Crippen LogP contribution is 2.46. The Balaban J connectivity index is 2.24. The lowest BCUT2D eigenvalue weighted by molar-refractivity contribution is -0.432. The van der Waals surface area contributed by atoms with Gasteiger partial charge in [-0.25, -0.2) is 9.47 Å². The van der Waals surface area contributed by atoms with Gasteiger partial charge in [-0.15, -0.1) is 14.6 Å². The Labute approximate surface area is 189 Å². The molecule has 32 heavy (non-hydrogen) atoms. The predicted octanol–water partition coefficient (Wildman–Crippen LogP) is 5.54. The highest BCUT2D eigenvalue weighted by atomic mass is 32.2. The van der Waals surface area contributed by atoms with Gasteiger partial charge < -0.3 is 15.0 Å². The number of hydrogen-bond donors (Lipinski definition) is 4. The maximum atomic E-state index is 11.7. The third-order valence-electron chi connectivity index (χ3n) is 4.32. The molecule has 1 unspecified atom stereocenters. The van der Waals surface area contributed by atoms with Crippen molar-refractivity contribution < 1.29 is 33.3 Å². The number of azo groups is 1. The smallest absolute Gasteiger partial charge is 0.221 e. The Bertz CT molecular complexity index is 1250. The molecule has 168 valence electrons. The Morgan fingerprint density at radius 3 is 2.53 bits per heavy atom. The number of amides is 1. The van der Waals surface area contributed by atoms with E-state index in [4.69, 9.17) is 5.26 Å². The van der Waals surface area contributed by atoms with Crippen molar-refractivity contribution >= 4 is 56.9 Å². The number of rotatable bonds is 7. The molecular weight excluding hydrogens is 458 g/mol. The van der Waals surface area contributed by atoms with Crippen LogP contribution < -0.4 is 5.32 Å². The van der Waals surface area contributed by atoms with Crippen LogP contribution in [-0.4, -0.2) is 25.0 Å². The second-order valence-electron chi connectivity index (χ2n) is 6.81. The Morgan fingerprint density at radius 1 is 1.12 bits per heavy atom. The number of fused-ring (bicyclic) bond motifs is 1. The van der Waals surface area contributed by atoms with Crippen LogP contribution in [-0.2, 0) is 25.2 Å². The Morgan fingerprint density at radius 2 is 1.88 bits per heavy atom. The first kappa shape index (κ1) is 23.8. The zero-order valence-corrected chi connectivity index (χ0v) is 18.8. The number of nitrogens with one attached hydrogen (secondary N) is 1. The molecule has 0 saturated carbocycles. The molecule has 0 spiro atoms. The molecule has 0 heterocycles. The van der Waals surface area contributed by atoms with E-state index in [1.165, 1.54) is 13.0 Å². The van der Waals surface area contributed by atoms with Crippen LogP contribution in [0.25, 0.3) is 10.8 Å². The van der Waals surface area contributed by atoms with E-state index in [-0.39, 0.29) is 32.8 Å². The molecule has 0 bridgehead atoms. The van der Waals surface area contributed by atoms with Crippen LogP contribution in [0, 0.1) is 13.8 Å². The van der Waals surface area contributed by atoms with Crippen LogP contribution in [0.3, 0.4) is 0 Å². The second-order valence-corrected chi connectivity index (χ2v) is 8.49. The van der Waals surface area contributed by atoms with E-state index in [0.717, 1.165) is 11.1 Å². The van der Waals surface area contributed by atoms with Crippen LogP contribution in [0.1, 0.15) is 18.1 Å². The number of phenolic OH excluding ortho intramolecular Hbond substituents is 1. The van der Waals surface area contributed by atoms with Gasteiger partial charge in [-0.3, -0.25) is 4.79 Å². The van der Waals surface area contributed by atoms with Crippen LogP contribution in [0.4, 0.5) is 17.1 Å². The van der Waals surface area contributed by atoms with Crippen molar-refractivity contribution in [1.29, 1.82) is 0 Å². The molecule has 0 aliphatic rings. The number of anilines is 1. The normalized spacial score (nSPS) is 12.4. The minimum absolute atomic E-state index is 0.0401. The van der Waals surface area contributed by atoms with E-state index in [1.807, 2.05) is 6.92 Å². The molecule has 3 rings (SSSR count). The molecule has 1 amide bonds. The molecule has 12 heteroatoms. The third kappa shape index (κ3) is 5.30. The first-order chi connectivity index (χ1) is 15.2. The molecular formula is C20H19N3O7S2. The standard InChI is InChI=1S/C20H19N3O7S2/c1-10-4-5-17(32(27)28)14(7-10)22-23-19-16(31-30-29-26)9-13-6-11(2)8-15(21-12(3)24)18(13)20(19)25/h4-9,25-26H,1-3H3,(H,21,24)(H,27,28). The summed E-state index contributed by atoms with van der Waals surface area (Å²) in [6.07, 6.45) is 0. The van der Waals surface area contributed by atoms with Gasteiger partial charge in [-0.2, -0.15) is 0 Å². The summed E-state index contributed by atoms with van der Waals surface area (Å²) in [6.45, 7) is 4.95. The quantitative estimate of drug-likeness (QED) is 0.114. The van der Waals surface area contributed by atoms with Crippen LogP contribution in [0.5, 0.6) is 5.75 Å². The van der Waals surface area contributed by atoms with Crippen LogP contribution in [0.15, 0.2) is 56.4 Å². The van der Waals surface area contributed by atoms with Gasteiger partial charge in [0.2, 0.25) is 5.91 Å². The lowest BCUT2D eigenvalue weighted by atomic mass is 10.0. The zero-order chi connectivity index (χ0) is 23.4. The maximum absolute atomic E-state index is 11.7. The number of aromatic hydroxyl groups is 1. The first-order valence-electron chi connectivity index (χ1n) is 9.07. The molecule has 0 saturated heterocycles. The second kappa shape index (κ2) is 10.2. The zero-order valence-electron chi connectivity index (χ0n) is 17.1. The fourth-order valence-corrected chi connectivity index (χ4v) is 4.05. The monoisotopic (exact) mass is 477 g/mol. The molecule has 0 aliphatic heterocycles. The van der Waals surface area contributed by atoms with E-state index in [0.29, 0.717) is 28.5 Å². The average Bonchev–Trinajstić information content (AvgIpc) is 2.70. The van der Waals surface area contributed by atoms with Crippen LogP contribution >= 0.6 is 12.0 Å². The number of carbonyl (C=O) groups excluding carboxylic acids is 1. The lowest BCUT2D eigenvalue weighted by Crippen LogP contribution is -2.06. The fourth-order valence-electron chi connectivity index (χ4n) is 3.09. The SMILES string of the molecule is CC(=O)Nc1cc(C)cc2cc(SOOO)c(N=Nc3cc(C)ccc3S(=O)O)c(O)c12. The molecule has 3 aromatic carbocycles. The lowest BCUT2D eigenvalue weighted by Gasteiger charge is -2.14. The topological polar surface area (TPSA) is 150 Å². The minimum atomic E-state index is -2.30. The van der Waals surface area contributed by atoms with E-state index < -0.39 is 11.1 Å². The van der Waals surface area contributed by atoms with Gasteiger partial charge in [0.05, 0.1) is 27.5 Å². The van der Waals surface area contributed by atoms with Crippen LogP contribution in [0.2, 0.25) is 0 Å². The van der Waals surface area contributed by atoms with Gasteiger partial charge in [-0.05, 0) is 54.6 Å². The molecule has 0 fully saturated rings. The first-order valence-corrected chi connectivity index (χ1v) is 10.9. The average molecular weight is 478 g/mol. The molecule has 0 aromatic heterocycles. The van der Waals surface area contributed by atoms with Gasteiger partial charge in [0.15, 0.2) is 16.8 Å². The highest BCUT2D eigenvalue weighted by Gasteiger charge is 2.19. The van der Waals surface area contributed by atoms with Gasteiger partial charge >= 0.3 is 0 Å². The summed E-state index contributed by atoms with van der Waals surface area (Å²) in [4.78, 5) is 11.9. The summed E-state index contributed by atoms with van der Waals surface area (Å²) in [7, 11) is 0. The van der Waals surface area contributed by atoms with Gasteiger partial charge in [0.1, 0.15) is 11.4 Å². The number of nitrogens with zero attached hydrogens (tertiary/aromatic N) is 2. The molecule has 0 radical (unpaired) electrons. The summed E-state index contributed by atoms with van der Waals surface area (Å²) in [6, 6.07) is 9.75. The predicted molar refractivity (Wildman–Crippen MR) is 120 cm³/mol. The number of carbonyl (C=O) groups is 1. The van der Waals surface area contributed by atoms with Crippen molar-refractivity contribution in [3.05, 3.63) is 47.5 Å². The number of phenols is 1. The number of aryl methyl sites for hydroxylation is 2. The van der Waals surface area contributed by atoms with Crippen molar-refractivity contribution in [2.75, 3.05) is 5.32 Å². The van der Waals surface area contributed by atoms with Gasteiger partial charge in [0.25, 0.3) is 0 Å². The summed E-state index contributed by atoms with van der Waals surface area (Å²) in [5.74, 6) is -0.650. The van der Waals surface area contributed by atoms with Gasteiger partial charge in [-0.1, -0.05) is 17.2 Å². The van der Waals surface area contributed by atoms with E-state index in [1.54, 1.807) is 37.3 Å². The molecule has 1 atom stereocenters. The number of benzene rings is 3. The fraction of sp³-hybridized carbons (Fsp3) is 0.150. The Kier molecular flexibility index (Phi) is 7.56. The third-order valence-corrected chi connectivity index (χ3v) is 5.66. The summed E-state index contributed by atoms with van der Waals surface area (Å²) < 4.78 is 25.7. The van der Waals surface area contributed by atoms with E-state index in [2.05, 4.69) is 24.9 Å². The van der Waals surface area contributed by atoms with Crippen molar-refractivity contribution in [3.63, 3.8) is 0 Å². The summed E-state index contributed by atoms with van der Waals surface area (Å²) >= 11 is -1.74. The molecule has 10 nitrogen and oxygen atoms in total. The van der Waals surface area contributed by atoms with E-state index >= 15 is 0 Å². The largest absolute Gasteiger partial charge is 0.505 e. The number of hydrogen-bond acceptors (Lipinski definition) is 9. The molecule has 3 aromatic rings. The molecule has 4 N–H and O–H groups in total. The van der Waals surface area contributed by atoms with Crippen molar-refractivity contribution in [2.45, 2.75) is 30.6 Å².